The molecule has 0 aliphatic heterocycles. The number of nitro groups is 1. The first-order valence-corrected chi connectivity index (χ1v) is 11.6. The van der Waals surface area contributed by atoms with Crippen LogP contribution in [0.5, 0.6) is 11.5 Å². The van der Waals surface area contributed by atoms with Crippen LogP contribution < -0.4 is 20.2 Å². The molecule has 0 aliphatic carbocycles. The number of anilines is 1. The molecule has 0 aliphatic rings. The van der Waals surface area contributed by atoms with Crippen molar-refractivity contribution in [3.8, 4) is 11.5 Å². The van der Waals surface area contributed by atoms with E-state index in [0.29, 0.717) is 11.5 Å². The summed E-state index contributed by atoms with van der Waals surface area (Å²) in [4.78, 5) is 22.8. The summed E-state index contributed by atoms with van der Waals surface area (Å²) in [5, 5.41) is 20.3. The first-order chi connectivity index (χ1) is 17.9. The summed E-state index contributed by atoms with van der Waals surface area (Å²) in [5.74, 6) is 0.820. The Bertz CT molecular complexity index is 1440. The predicted molar refractivity (Wildman–Crippen MR) is 143 cm³/mol. The maximum Gasteiger partial charge on any atom is 0.269 e. The Morgan fingerprint density at radius 2 is 1.78 bits per heavy atom. The molecule has 0 radical (unpaired) electrons. The van der Waals surface area contributed by atoms with Crippen LogP contribution in [0.1, 0.15) is 18.1 Å². The fourth-order valence-electron chi connectivity index (χ4n) is 3.65. The van der Waals surface area contributed by atoms with E-state index in [1.165, 1.54) is 18.3 Å². The van der Waals surface area contributed by atoms with Gasteiger partial charge in [0.2, 0.25) is 0 Å². The number of nitrogens with one attached hydrogen (secondary N) is 2. The van der Waals surface area contributed by atoms with Crippen molar-refractivity contribution in [2.45, 2.75) is 19.6 Å². The summed E-state index contributed by atoms with van der Waals surface area (Å²) in [6.07, 6.45) is 1.53. The molecule has 0 heterocycles. The predicted octanol–water partition coefficient (Wildman–Crippen LogP) is 5.29. The number of hydrazone groups is 1. The van der Waals surface area contributed by atoms with Gasteiger partial charge in [-0.05, 0) is 53.6 Å². The fourth-order valence-corrected chi connectivity index (χ4v) is 3.65. The van der Waals surface area contributed by atoms with Crippen molar-refractivity contribution >= 4 is 34.3 Å². The lowest BCUT2D eigenvalue weighted by atomic mass is 10.1. The quantitative estimate of drug-likeness (QED) is 0.174. The number of hydrogen-bond donors (Lipinski definition) is 2. The number of nitro benzene ring substituents is 1. The third-order valence-corrected chi connectivity index (χ3v) is 5.67. The van der Waals surface area contributed by atoms with E-state index in [1.54, 1.807) is 32.2 Å². The third-order valence-electron chi connectivity index (χ3n) is 5.67. The molecular weight excluding hydrogens is 472 g/mol. The SMILES string of the molecule is COc1cc(/C=N/NC(=O)C(C)Nc2ccc3ccccc3c2)ccc1COc1ccc([N+](=O)[O-])cc1. The number of benzene rings is 4. The zero-order chi connectivity index (χ0) is 26.2. The van der Waals surface area contributed by atoms with Crippen LogP contribution in [0.15, 0.2) is 90.0 Å². The van der Waals surface area contributed by atoms with E-state index in [0.717, 1.165) is 27.6 Å². The van der Waals surface area contributed by atoms with Crippen LogP contribution >= 0.6 is 0 Å². The molecule has 0 saturated carbocycles. The molecule has 4 aromatic carbocycles. The molecule has 0 bridgehead atoms. The van der Waals surface area contributed by atoms with Crippen LogP contribution in [-0.2, 0) is 11.4 Å². The van der Waals surface area contributed by atoms with E-state index in [4.69, 9.17) is 9.47 Å². The minimum absolute atomic E-state index is 0.000441. The van der Waals surface area contributed by atoms with Gasteiger partial charge in [0, 0.05) is 23.4 Å². The summed E-state index contributed by atoms with van der Waals surface area (Å²) in [6, 6.07) is 24.8. The molecule has 9 heteroatoms. The van der Waals surface area contributed by atoms with Crippen LogP contribution in [0.4, 0.5) is 11.4 Å². The lowest BCUT2D eigenvalue weighted by Crippen LogP contribution is -2.34. The molecular formula is C28H26N4O5. The Morgan fingerprint density at radius 3 is 2.51 bits per heavy atom. The van der Waals surface area contributed by atoms with Gasteiger partial charge in [-0.2, -0.15) is 5.10 Å². The molecule has 1 atom stereocenters. The summed E-state index contributed by atoms with van der Waals surface area (Å²) in [5.41, 5.74) is 4.92. The van der Waals surface area contributed by atoms with Gasteiger partial charge in [-0.1, -0.05) is 42.5 Å². The Kier molecular flexibility index (Phi) is 7.95. The van der Waals surface area contributed by atoms with Gasteiger partial charge in [-0.3, -0.25) is 14.9 Å². The van der Waals surface area contributed by atoms with Crippen molar-refractivity contribution in [1.29, 1.82) is 0 Å². The van der Waals surface area contributed by atoms with Crippen molar-refractivity contribution < 1.29 is 19.2 Å². The third kappa shape index (κ3) is 6.61. The van der Waals surface area contributed by atoms with Gasteiger partial charge in [-0.15, -0.1) is 0 Å². The van der Waals surface area contributed by atoms with Gasteiger partial charge >= 0.3 is 0 Å². The normalized spacial score (nSPS) is 11.7. The summed E-state index contributed by atoms with van der Waals surface area (Å²) in [6.45, 7) is 1.98. The van der Waals surface area contributed by atoms with Crippen LogP contribution in [0, 0.1) is 10.1 Å². The summed E-state index contributed by atoms with van der Waals surface area (Å²) in [7, 11) is 1.55. The van der Waals surface area contributed by atoms with Crippen molar-refractivity contribution in [3.05, 3.63) is 106 Å². The van der Waals surface area contributed by atoms with E-state index in [9.17, 15) is 14.9 Å². The number of hydrogen-bond acceptors (Lipinski definition) is 7. The number of rotatable bonds is 10. The van der Waals surface area contributed by atoms with Crippen LogP contribution in [0.2, 0.25) is 0 Å². The number of nitrogens with zero attached hydrogens (tertiary/aromatic N) is 2. The summed E-state index contributed by atoms with van der Waals surface area (Å²) < 4.78 is 11.2. The topological polar surface area (TPSA) is 115 Å². The van der Waals surface area contributed by atoms with Crippen molar-refractivity contribution in [2.24, 2.45) is 5.10 Å². The first kappa shape index (κ1) is 25.2. The molecule has 4 rings (SSSR count). The zero-order valence-corrected chi connectivity index (χ0v) is 20.4. The Hall–Kier alpha value is -4.92. The van der Waals surface area contributed by atoms with E-state index < -0.39 is 11.0 Å². The minimum Gasteiger partial charge on any atom is -0.496 e. The highest BCUT2D eigenvalue weighted by molar-refractivity contribution is 5.89. The molecule has 0 spiro atoms. The minimum atomic E-state index is -0.494. The highest BCUT2D eigenvalue weighted by Crippen LogP contribution is 2.23. The highest BCUT2D eigenvalue weighted by atomic mass is 16.6. The van der Waals surface area contributed by atoms with Gasteiger partial charge < -0.3 is 14.8 Å². The molecule has 1 unspecified atom stereocenters. The van der Waals surface area contributed by atoms with Crippen molar-refractivity contribution in [1.82, 2.24) is 5.43 Å². The lowest BCUT2D eigenvalue weighted by molar-refractivity contribution is -0.384. The molecule has 4 aromatic rings. The molecule has 37 heavy (non-hydrogen) atoms. The Morgan fingerprint density at radius 1 is 1.03 bits per heavy atom. The zero-order valence-electron chi connectivity index (χ0n) is 20.4. The van der Waals surface area contributed by atoms with Crippen LogP contribution in [0.3, 0.4) is 0 Å². The Balaban J connectivity index is 1.32. The maximum atomic E-state index is 12.5. The van der Waals surface area contributed by atoms with Crippen LogP contribution in [-0.4, -0.2) is 30.2 Å². The Labute approximate surface area is 213 Å². The average Bonchev–Trinajstić information content (AvgIpc) is 2.92. The molecule has 2 N–H and O–H groups in total. The number of non-ortho nitro benzene ring substituents is 1. The largest absolute Gasteiger partial charge is 0.496 e. The smallest absolute Gasteiger partial charge is 0.269 e. The second-order valence-corrected chi connectivity index (χ2v) is 8.27. The summed E-state index contributed by atoms with van der Waals surface area (Å²) >= 11 is 0. The standard InChI is InChI=1S/C28H26N4O5/c1-19(30-24-10-9-21-5-3-4-6-22(21)16-24)28(33)31-29-17-20-7-8-23(27(15-20)36-2)18-37-26-13-11-25(12-14-26)32(34)35/h3-17,19,30H,18H2,1-2H3,(H,31,33)/b29-17+. The van der Waals surface area contributed by atoms with Gasteiger partial charge in [0.05, 0.1) is 18.2 Å². The maximum absolute atomic E-state index is 12.5. The number of fused-ring (bicyclic) bond motifs is 1. The molecule has 0 saturated heterocycles. The number of amides is 1. The fraction of sp³-hybridized carbons (Fsp3) is 0.143. The van der Waals surface area contributed by atoms with Crippen molar-refractivity contribution in [2.75, 3.05) is 12.4 Å². The molecule has 188 valence electrons. The van der Waals surface area contributed by atoms with E-state index in [2.05, 4.69) is 15.8 Å². The monoisotopic (exact) mass is 498 g/mol. The second-order valence-electron chi connectivity index (χ2n) is 8.27. The molecule has 1 amide bonds. The lowest BCUT2D eigenvalue weighted by Gasteiger charge is -2.14. The second kappa shape index (κ2) is 11.7. The van der Waals surface area contributed by atoms with Gasteiger partial charge in [0.25, 0.3) is 11.6 Å². The number of ether oxygens (including phenoxy) is 2. The van der Waals surface area contributed by atoms with Gasteiger partial charge in [0.1, 0.15) is 24.1 Å². The van der Waals surface area contributed by atoms with E-state index in [1.807, 2.05) is 54.6 Å². The first-order valence-electron chi connectivity index (χ1n) is 11.6. The van der Waals surface area contributed by atoms with Gasteiger partial charge in [-0.25, -0.2) is 5.43 Å². The number of methoxy groups -OCH3 is 1. The highest BCUT2D eigenvalue weighted by Gasteiger charge is 2.12. The number of carbonyl (C=O) groups excluding carboxylic acids is 1. The van der Waals surface area contributed by atoms with Gasteiger partial charge in [0.15, 0.2) is 0 Å². The van der Waals surface area contributed by atoms with E-state index in [-0.39, 0.29) is 18.2 Å². The number of carbonyl (C=O) groups is 1. The molecule has 0 aromatic heterocycles. The average molecular weight is 499 g/mol. The molecule has 0 fully saturated rings. The van der Waals surface area contributed by atoms with Crippen LogP contribution in [0.25, 0.3) is 10.8 Å². The molecule has 9 nitrogen and oxygen atoms in total. The van der Waals surface area contributed by atoms with Crippen molar-refractivity contribution in [3.63, 3.8) is 0 Å². The van der Waals surface area contributed by atoms with E-state index >= 15 is 0 Å².